The van der Waals surface area contributed by atoms with E-state index in [9.17, 15) is 9.59 Å². The van der Waals surface area contributed by atoms with Crippen molar-refractivity contribution in [3.8, 4) is 0 Å². The Morgan fingerprint density at radius 1 is 1.07 bits per heavy atom. The number of anilines is 1. The third kappa shape index (κ3) is 2.67. The monoisotopic (exact) mass is 395 g/mol. The van der Waals surface area contributed by atoms with Gasteiger partial charge in [0.25, 0.3) is 5.91 Å². The lowest BCUT2D eigenvalue weighted by Crippen LogP contribution is -2.65. The van der Waals surface area contributed by atoms with Gasteiger partial charge in [0.15, 0.2) is 12.2 Å². The molecular formula is C22H29N5O2. The first kappa shape index (κ1) is 19.5. The van der Waals surface area contributed by atoms with Crippen molar-refractivity contribution in [3.05, 3.63) is 40.7 Å². The Balaban J connectivity index is 1.79. The lowest BCUT2D eigenvalue weighted by atomic mass is 10.1. The van der Waals surface area contributed by atoms with Gasteiger partial charge >= 0.3 is 6.03 Å². The van der Waals surface area contributed by atoms with E-state index in [0.29, 0.717) is 6.54 Å². The minimum absolute atomic E-state index is 0.166. The summed E-state index contributed by atoms with van der Waals surface area (Å²) in [6.07, 6.45) is -0.510. The number of amides is 3. The molecule has 1 aromatic rings. The van der Waals surface area contributed by atoms with Crippen molar-refractivity contribution in [2.45, 2.75) is 53.8 Å². The summed E-state index contributed by atoms with van der Waals surface area (Å²) >= 11 is 0. The lowest BCUT2D eigenvalue weighted by Gasteiger charge is -2.41. The largest absolute Gasteiger partial charge is 0.328 e. The number of hydrogen-bond acceptors (Lipinski definition) is 5. The van der Waals surface area contributed by atoms with Crippen molar-refractivity contribution < 1.29 is 9.59 Å². The van der Waals surface area contributed by atoms with Gasteiger partial charge in [0.05, 0.1) is 5.69 Å². The summed E-state index contributed by atoms with van der Waals surface area (Å²) < 4.78 is 0. The maximum atomic E-state index is 13.4. The van der Waals surface area contributed by atoms with Crippen LogP contribution in [0.4, 0.5) is 10.5 Å². The maximum absolute atomic E-state index is 13.4. The molecule has 4 rings (SSSR count). The minimum atomic E-state index is -0.517. The molecule has 0 bridgehead atoms. The average Bonchev–Trinajstić information content (AvgIpc) is 3.16. The molecule has 1 fully saturated rings. The Morgan fingerprint density at radius 2 is 1.76 bits per heavy atom. The summed E-state index contributed by atoms with van der Waals surface area (Å²) in [7, 11) is 1.74. The number of hydrogen-bond donors (Lipinski definition) is 0. The van der Waals surface area contributed by atoms with Crippen LogP contribution in [0.3, 0.4) is 0 Å². The maximum Gasteiger partial charge on any atom is 0.328 e. The van der Waals surface area contributed by atoms with E-state index in [2.05, 4.69) is 37.8 Å². The standard InChI is InChI=1S/C22H29N5O2/c1-12(2)11-25-20(28)18-19(24(7)22(25)29)23-21-26(15(5)16(6)27(18)21)17-10-8-9-13(3)14(17)4/h8-10,12,18-19H,11H2,1-7H3. The first-order valence-corrected chi connectivity index (χ1v) is 10.1. The number of aryl methyl sites for hydroxylation is 1. The molecule has 0 saturated carbocycles. The number of fused-ring (bicyclic) bond motifs is 3. The average molecular weight is 396 g/mol. The summed E-state index contributed by atoms with van der Waals surface area (Å²) in [5.74, 6) is 0.765. The molecule has 154 valence electrons. The fourth-order valence-electron chi connectivity index (χ4n) is 4.41. The Morgan fingerprint density at radius 3 is 2.41 bits per heavy atom. The Labute approximate surface area is 172 Å². The van der Waals surface area contributed by atoms with Gasteiger partial charge in [-0.15, -0.1) is 0 Å². The number of benzene rings is 1. The topological polar surface area (TPSA) is 59.5 Å². The highest BCUT2D eigenvalue weighted by Gasteiger charge is 2.56. The molecule has 2 atom stereocenters. The number of urea groups is 1. The minimum Gasteiger partial charge on any atom is -0.302 e. The second-order valence-electron chi connectivity index (χ2n) is 8.62. The van der Waals surface area contributed by atoms with Crippen LogP contribution in [-0.2, 0) is 4.79 Å². The highest BCUT2D eigenvalue weighted by atomic mass is 16.2. The predicted octanol–water partition coefficient (Wildman–Crippen LogP) is 3.29. The van der Waals surface area contributed by atoms with Crippen LogP contribution in [0.25, 0.3) is 0 Å². The number of imide groups is 1. The fraction of sp³-hybridized carbons (Fsp3) is 0.500. The molecule has 1 aromatic carbocycles. The quantitative estimate of drug-likeness (QED) is 0.788. The van der Waals surface area contributed by atoms with E-state index in [1.165, 1.54) is 16.0 Å². The molecule has 0 aromatic heterocycles. The van der Waals surface area contributed by atoms with Crippen LogP contribution in [0.1, 0.15) is 38.8 Å². The molecule has 2 unspecified atom stereocenters. The molecule has 7 heteroatoms. The number of carbonyl (C=O) groups excluding carboxylic acids is 2. The molecule has 3 aliphatic heterocycles. The molecule has 3 aliphatic rings. The van der Waals surface area contributed by atoms with Crippen molar-refractivity contribution in [2.24, 2.45) is 10.9 Å². The van der Waals surface area contributed by atoms with Crippen molar-refractivity contribution in [1.29, 1.82) is 0 Å². The summed E-state index contributed by atoms with van der Waals surface area (Å²) in [4.78, 5) is 38.2. The second kappa shape index (κ2) is 6.61. The van der Waals surface area contributed by atoms with E-state index in [4.69, 9.17) is 4.99 Å². The zero-order valence-corrected chi connectivity index (χ0v) is 18.2. The fourth-order valence-corrected chi connectivity index (χ4v) is 4.41. The van der Waals surface area contributed by atoms with E-state index in [1.54, 1.807) is 11.9 Å². The van der Waals surface area contributed by atoms with E-state index >= 15 is 0 Å². The van der Waals surface area contributed by atoms with Gasteiger partial charge in [-0.05, 0) is 50.8 Å². The van der Waals surface area contributed by atoms with E-state index < -0.39 is 12.2 Å². The van der Waals surface area contributed by atoms with Gasteiger partial charge < -0.3 is 4.90 Å². The zero-order valence-electron chi connectivity index (χ0n) is 18.2. The van der Waals surface area contributed by atoms with Gasteiger partial charge in [-0.2, -0.15) is 0 Å². The first-order valence-electron chi connectivity index (χ1n) is 10.1. The van der Waals surface area contributed by atoms with Gasteiger partial charge in [-0.25, -0.2) is 9.79 Å². The van der Waals surface area contributed by atoms with Crippen LogP contribution in [-0.4, -0.2) is 58.4 Å². The van der Waals surface area contributed by atoms with Crippen molar-refractivity contribution in [3.63, 3.8) is 0 Å². The number of guanidine groups is 1. The van der Waals surface area contributed by atoms with Crippen molar-refractivity contribution in [1.82, 2.24) is 14.7 Å². The second-order valence-corrected chi connectivity index (χ2v) is 8.62. The van der Waals surface area contributed by atoms with Crippen molar-refractivity contribution >= 4 is 23.6 Å². The molecule has 3 heterocycles. The molecule has 7 nitrogen and oxygen atoms in total. The van der Waals surface area contributed by atoms with Gasteiger partial charge in [0, 0.05) is 25.0 Å². The van der Waals surface area contributed by atoms with Crippen LogP contribution < -0.4 is 4.90 Å². The molecular weight excluding hydrogens is 366 g/mol. The molecule has 1 saturated heterocycles. The Hall–Kier alpha value is -2.83. The normalized spacial score (nSPS) is 24.1. The van der Waals surface area contributed by atoms with Gasteiger partial charge in [-0.3, -0.25) is 19.5 Å². The van der Waals surface area contributed by atoms with Crippen LogP contribution in [0.5, 0.6) is 0 Å². The number of aliphatic imine (C=N–C) groups is 1. The van der Waals surface area contributed by atoms with Crippen LogP contribution in [0, 0.1) is 19.8 Å². The number of likely N-dealkylation sites (N-methyl/N-ethyl adjacent to an activating group) is 1. The third-order valence-corrected chi connectivity index (χ3v) is 6.26. The molecule has 0 aliphatic carbocycles. The molecule has 0 spiro atoms. The van der Waals surface area contributed by atoms with Gasteiger partial charge in [0.1, 0.15) is 0 Å². The highest BCUT2D eigenvalue weighted by molar-refractivity contribution is 6.10. The van der Waals surface area contributed by atoms with E-state index in [1.807, 2.05) is 31.7 Å². The molecule has 29 heavy (non-hydrogen) atoms. The summed E-state index contributed by atoms with van der Waals surface area (Å²) in [6, 6.07) is 5.42. The highest BCUT2D eigenvalue weighted by Crippen LogP contribution is 2.41. The first-order chi connectivity index (χ1) is 13.6. The van der Waals surface area contributed by atoms with E-state index in [-0.39, 0.29) is 17.9 Å². The Kier molecular flexibility index (Phi) is 4.44. The number of rotatable bonds is 3. The Bertz CT molecular complexity index is 964. The van der Waals surface area contributed by atoms with Gasteiger partial charge in [0.2, 0.25) is 5.96 Å². The van der Waals surface area contributed by atoms with Crippen molar-refractivity contribution in [2.75, 3.05) is 18.5 Å². The number of carbonyl (C=O) groups is 2. The van der Waals surface area contributed by atoms with E-state index in [0.717, 1.165) is 23.0 Å². The third-order valence-electron chi connectivity index (χ3n) is 6.26. The number of allylic oxidation sites excluding steroid dienone is 2. The summed E-state index contributed by atoms with van der Waals surface area (Å²) in [5.41, 5.74) is 5.49. The molecule has 3 amide bonds. The lowest BCUT2D eigenvalue weighted by molar-refractivity contribution is -0.137. The van der Waals surface area contributed by atoms with Crippen LogP contribution in [0.2, 0.25) is 0 Å². The van der Waals surface area contributed by atoms with Crippen LogP contribution >= 0.6 is 0 Å². The van der Waals surface area contributed by atoms with Crippen LogP contribution in [0.15, 0.2) is 34.6 Å². The molecule has 0 N–H and O–H groups in total. The summed E-state index contributed by atoms with van der Waals surface area (Å²) in [6.45, 7) is 12.7. The zero-order chi connectivity index (χ0) is 21.2. The predicted molar refractivity (Wildman–Crippen MR) is 113 cm³/mol. The molecule has 0 radical (unpaired) electrons. The SMILES string of the molecule is CC1=C(C)N2C(=NC3C2C(=O)N(CC(C)C)C(=O)N3C)N1c1cccc(C)c1C. The van der Waals surface area contributed by atoms with Gasteiger partial charge in [-0.1, -0.05) is 26.0 Å². The number of nitrogens with zero attached hydrogens (tertiary/aromatic N) is 5. The smallest absolute Gasteiger partial charge is 0.302 e. The summed E-state index contributed by atoms with van der Waals surface area (Å²) in [5, 5.41) is 0.